The molecule has 0 aromatic carbocycles. The van der Waals surface area contributed by atoms with E-state index in [1.54, 1.807) is 23.8 Å². The maximum absolute atomic E-state index is 13.5. The van der Waals surface area contributed by atoms with E-state index in [-0.39, 0.29) is 77.3 Å². The molecule has 0 saturated carbocycles. The van der Waals surface area contributed by atoms with Crippen LogP contribution in [-0.2, 0) is 14.3 Å². The molecule has 5 fully saturated rings. The molecule has 0 aromatic rings. The van der Waals surface area contributed by atoms with Crippen molar-refractivity contribution in [3.63, 3.8) is 0 Å². The van der Waals surface area contributed by atoms with Gasteiger partial charge in [-0.3, -0.25) is 20.2 Å². The predicted molar refractivity (Wildman–Crippen MR) is 143 cm³/mol. The quantitative estimate of drug-likeness (QED) is 0.237. The second kappa shape index (κ2) is 12.2. The predicted octanol–water partition coefficient (Wildman–Crippen LogP) is 1.04. The van der Waals surface area contributed by atoms with Crippen molar-refractivity contribution >= 4 is 35.2 Å². The Hall–Kier alpha value is -0.830. The zero-order chi connectivity index (χ0) is 27.9. The first-order valence-electron chi connectivity index (χ1n) is 14.0. The maximum Gasteiger partial charge on any atom is 0.393 e. The number of fused-ring (bicyclic) bond motifs is 1. The van der Waals surface area contributed by atoms with Gasteiger partial charge in [0.2, 0.25) is 11.8 Å². The Kier molecular flexibility index (Phi) is 9.27. The van der Waals surface area contributed by atoms with Crippen LogP contribution >= 0.6 is 23.4 Å². The molecule has 0 radical (unpaired) electrons. The van der Waals surface area contributed by atoms with Gasteiger partial charge in [-0.15, -0.1) is 23.4 Å². The van der Waals surface area contributed by atoms with E-state index in [0.29, 0.717) is 32.2 Å². The van der Waals surface area contributed by atoms with Gasteiger partial charge in [-0.05, 0) is 44.4 Å². The molecule has 5 saturated heterocycles. The first-order valence-corrected chi connectivity index (χ1v) is 15.4. The molecule has 0 aromatic heterocycles. The van der Waals surface area contributed by atoms with Gasteiger partial charge in [-0.25, -0.2) is 0 Å². The Labute approximate surface area is 236 Å². The van der Waals surface area contributed by atoms with Crippen LogP contribution in [0.3, 0.4) is 0 Å². The highest BCUT2D eigenvalue weighted by molar-refractivity contribution is 8.00. The third kappa shape index (κ3) is 6.65. The summed E-state index contributed by atoms with van der Waals surface area (Å²) in [7, 11) is 1.71. The Morgan fingerprint density at radius 3 is 2.51 bits per heavy atom. The summed E-state index contributed by atoms with van der Waals surface area (Å²) in [4.78, 5) is 28.3. The Bertz CT molecular complexity index is 884. The normalized spacial score (nSPS) is 43.2. The minimum atomic E-state index is -4.23. The third-order valence-corrected chi connectivity index (χ3v) is 10.9. The zero-order valence-electron chi connectivity index (χ0n) is 22.3. The molecule has 14 heteroatoms. The molecule has 11 unspecified atom stereocenters. The van der Waals surface area contributed by atoms with E-state index in [0.717, 1.165) is 12.8 Å². The van der Waals surface area contributed by atoms with Crippen LogP contribution in [0.2, 0.25) is 0 Å². The van der Waals surface area contributed by atoms with Gasteiger partial charge in [0, 0.05) is 57.2 Å². The number of nitrogens with one attached hydrogen (secondary N) is 5. The summed E-state index contributed by atoms with van der Waals surface area (Å²) < 4.78 is 44.7. The average Bonchev–Trinajstić information content (AvgIpc) is 3.46. The van der Waals surface area contributed by atoms with Crippen molar-refractivity contribution < 1.29 is 27.5 Å². The smallest absolute Gasteiger partial charge is 0.380 e. The highest BCUT2D eigenvalue weighted by Gasteiger charge is 2.48. The number of methoxy groups -OCH3 is 1. The number of piperidine rings is 3. The van der Waals surface area contributed by atoms with Crippen LogP contribution in [0.1, 0.15) is 32.6 Å². The van der Waals surface area contributed by atoms with Crippen LogP contribution in [0, 0.1) is 23.7 Å². The lowest BCUT2D eigenvalue weighted by Crippen LogP contribution is -2.57. The number of alkyl halides is 4. The van der Waals surface area contributed by atoms with Gasteiger partial charge in [0.25, 0.3) is 0 Å². The molecule has 5 aliphatic rings. The Balaban J connectivity index is 1.13. The molecular weight excluding hydrogens is 557 g/mol. The van der Waals surface area contributed by atoms with Crippen molar-refractivity contribution in [1.82, 2.24) is 31.5 Å². The second-order valence-electron chi connectivity index (χ2n) is 11.7. The van der Waals surface area contributed by atoms with Crippen LogP contribution < -0.4 is 26.6 Å². The molecule has 11 atom stereocenters. The molecule has 0 spiro atoms. The van der Waals surface area contributed by atoms with Gasteiger partial charge in [-0.1, -0.05) is 0 Å². The van der Waals surface area contributed by atoms with E-state index in [9.17, 15) is 22.8 Å². The summed E-state index contributed by atoms with van der Waals surface area (Å²) >= 11 is 8.05. The second-order valence-corrected chi connectivity index (χ2v) is 13.6. The van der Waals surface area contributed by atoms with Crippen LogP contribution in [0.5, 0.6) is 0 Å². The molecular formula is C25H40ClF3N6O3S. The first-order chi connectivity index (χ1) is 18.5. The molecule has 9 nitrogen and oxygen atoms in total. The summed E-state index contributed by atoms with van der Waals surface area (Å²) in [5.41, 5.74) is -0.389. The molecule has 5 aliphatic heterocycles. The van der Waals surface area contributed by atoms with E-state index in [1.807, 2.05) is 0 Å². The summed E-state index contributed by atoms with van der Waals surface area (Å²) in [5.74, 6) is -1.40. The lowest BCUT2D eigenvalue weighted by Gasteiger charge is -2.45. The number of hydrogen-bond donors (Lipinski definition) is 5. The highest BCUT2D eigenvalue weighted by atomic mass is 35.5. The van der Waals surface area contributed by atoms with Crippen LogP contribution in [-0.4, -0.2) is 103 Å². The number of rotatable bonds is 5. The fourth-order valence-electron chi connectivity index (χ4n) is 7.01. The van der Waals surface area contributed by atoms with Gasteiger partial charge in [0.05, 0.1) is 29.5 Å². The lowest BCUT2D eigenvalue weighted by atomic mass is 9.70. The van der Waals surface area contributed by atoms with Gasteiger partial charge in [-0.2, -0.15) is 13.2 Å². The number of nitrogens with zero attached hydrogens (tertiary/aromatic N) is 1. The van der Waals surface area contributed by atoms with E-state index in [4.69, 9.17) is 16.3 Å². The van der Waals surface area contributed by atoms with Crippen molar-refractivity contribution in [2.45, 2.75) is 79.3 Å². The number of likely N-dealkylation sites (tertiary alicyclic amines) is 1. The van der Waals surface area contributed by atoms with E-state index in [2.05, 4.69) is 33.5 Å². The number of thioether (sulfide) groups is 1. The highest BCUT2D eigenvalue weighted by Crippen LogP contribution is 2.39. The van der Waals surface area contributed by atoms with Crippen LogP contribution in [0.25, 0.3) is 0 Å². The molecule has 222 valence electrons. The van der Waals surface area contributed by atoms with Crippen molar-refractivity contribution in [3.8, 4) is 0 Å². The van der Waals surface area contributed by atoms with Crippen molar-refractivity contribution in [3.05, 3.63) is 0 Å². The fraction of sp³-hybridized carbons (Fsp3) is 0.920. The van der Waals surface area contributed by atoms with Gasteiger partial charge < -0.3 is 25.6 Å². The Morgan fingerprint density at radius 1 is 1.05 bits per heavy atom. The maximum atomic E-state index is 13.5. The summed E-state index contributed by atoms with van der Waals surface area (Å²) in [6.07, 6.45) is -2.45. The molecule has 2 amide bonds. The van der Waals surface area contributed by atoms with Crippen LogP contribution in [0.15, 0.2) is 0 Å². The zero-order valence-corrected chi connectivity index (χ0v) is 23.9. The first kappa shape index (κ1) is 29.7. The SMILES string of the molecule is COC1CNC(Cl)CC1C1CC(C)NCC1C(=O)NC1NC2CN(C(=O)C3CCC(C(F)(F)F)CN3)CC2S1. The minimum absolute atomic E-state index is 0.00226. The monoisotopic (exact) mass is 596 g/mol. The Morgan fingerprint density at radius 2 is 1.85 bits per heavy atom. The van der Waals surface area contributed by atoms with Crippen molar-refractivity contribution in [2.75, 3.05) is 39.8 Å². The number of hydrogen-bond acceptors (Lipinski definition) is 8. The molecule has 0 bridgehead atoms. The lowest BCUT2D eigenvalue weighted by molar-refractivity contribution is -0.180. The number of carbonyl (C=O) groups excluding carboxylic acids is 2. The van der Waals surface area contributed by atoms with Crippen molar-refractivity contribution in [1.29, 1.82) is 0 Å². The van der Waals surface area contributed by atoms with Gasteiger partial charge >= 0.3 is 6.18 Å². The van der Waals surface area contributed by atoms with E-state index >= 15 is 0 Å². The van der Waals surface area contributed by atoms with E-state index in [1.165, 1.54) is 0 Å². The molecule has 5 N–H and O–H groups in total. The van der Waals surface area contributed by atoms with Crippen LogP contribution in [0.4, 0.5) is 13.2 Å². The summed E-state index contributed by atoms with van der Waals surface area (Å²) in [6.45, 7) is 4.19. The largest absolute Gasteiger partial charge is 0.393 e. The minimum Gasteiger partial charge on any atom is -0.380 e. The van der Waals surface area contributed by atoms with Gasteiger partial charge in [0.1, 0.15) is 5.50 Å². The molecule has 0 aliphatic carbocycles. The number of carbonyl (C=O) groups is 2. The number of amides is 2. The van der Waals surface area contributed by atoms with E-state index < -0.39 is 18.1 Å². The molecule has 5 rings (SSSR count). The summed E-state index contributed by atoms with van der Waals surface area (Å²) in [6, 6.07) is -0.241. The summed E-state index contributed by atoms with van der Waals surface area (Å²) in [5, 5.41) is 16.3. The molecule has 5 heterocycles. The third-order valence-electron chi connectivity index (χ3n) is 9.22. The molecule has 39 heavy (non-hydrogen) atoms. The number of ether oxygens (including phenoxy) is 1. The standard InChI is InChI=1S/C25H40ClF3N6O3S/c1-12-5-14(15-6-21(26)32-9-19(15)38-2)16(8-30-12)22(36)34-24-33-18-10-35(11-20(18)39-24)23(37)17-4-3-13(7-31-17)25(27,28)29/h12-21,24,30-33H,3-11H2,1-2H3,(H,34,36). The average molecular weight is 597 g/mol. The van der Waals surface area contributed by atoms with Gasteiger partial charge in [0.15, 0.2) is 0 Å². The van der Waals surface area contributed by atoms with Crippen molar-refractivity contribution in [2.24, 2.45) is 23.7 Å². The number of halogens is 4. The topological polar surface area (TPSA) is 107 Å². The fourth-order valence-corrected chi connectivity index (χ4v) is 8.72.